The van der Waals surface area contributed by atoms with E-state index in [-0.39, 0.29) is 18.5 Å². The number of carbonyl (C=O) groups excluding carboxylic acids is 3. The Kier molecular flexibility index (Phi) is 11.9. The van der Waals surface area contributed by atoms with Gasteiger partial charge in [0, 0.05) is 6.54 Å². The zero-order chi connectivity index (χ0) is 27.2. The third-order valence-electron chi connectivity index (χ3n) is 6.73. The van der Waals surface area contributed by atoms with Crippen LogP contribution in [0.15, 0.2) is 66.7 Å². The highest BCUT2D eigenvalue weighted by Gasteiger charge is 2.51. The summed E-state index contributed by atoms with van der Waals surface area (Å²) in [6.07, 6.45) is 10.2. The second kappa shape index (κ2) is 15.6. The van der Waals surface area contributed by atoms with Gasteiger partial charge in [-0.15, -0.1) is 0 Å². The van der Waals surface area contributed by atoms with Crippen LogP contribution in [-0.4, -0.2) is 47.5 Å². The van der Waals surface area contributed by atoms with Gasteiger partial charge < -0.3 is 20.3 Å². The number of benzene rings is 2. The smallest absolute Gasteiger partial charge is 0.329 e. The van der Waals surface area contributed by atoms with Crippen molar-refractivity contribution in [1.82, 2.24) is 15.5 Å². The minimum Gasteiger partial charge on any atom is -0.459 e. The molecule has 3 atom stereocenters. The molecular formula is C31H41N3O4. The Bertz CT molecular complexity index is 1040. The average molecular weight is 520 g/mol. The van der Waals surface area contributed by atoms with Crippen LogP contribution in [0.1, 0.15) is 69.9 Å². The lowest BCUT2D eigenvalue weighted by atomic mass is 9.89. The van der Waals surface area contributed by atoms with Gasteiger partial charge in [-0.25, -0.2) is 9.59 Å². The minimum atomic E-state index is -0.739. The third kappa shape index (κ3) is 8.47. The quantitative estimate of drug-likeness (QED) is 0.186. The maximum absolute atomic E-state index is 13.4. The molecule has 0 aromatic heterocycles. The fraction of sp³-hybridized carbons (Fsp3) is 0.452. The summed E-state index contributed by atoms with van der Waals surface area (Å²) < 4.78 is 5.65. The lowest BCUT2D eigenvalue weighted by molar-refractivity contribution is -0.167. The molecule has 1 fully saturated rings. The number of amides is 3. The van der Waals surface area contributed by atoms with Crippen molar-refractivity contribution in [3.63, 3.8) is 0 Å². The maximum Gasteiger partial charge on any atom is 0.329 e. The van der Waals surface area contributed by atoms with Gasteiger partial charge >= 0.3 is 12.0 Å². The van der Waals surface area contributed by atoms with Crippen LogP contribution in [0.3, 0.4) is 0 Å². The van der Waals surface area contributed by atoms with Crippen LogP contribution in [0.4, 0.5) is 4.79 Å². The van der Waals surface area contributed by atoms with Crippen LogP contribution in [0.5, 0.6) is 0 Å². The van der Waals surface area contributed by atoms with Crippen molar-refractivity contribution in [2.24, 2.45) is 0 Å². The Labute approximate surface area is 226 Å². The molecule has 3 unspecified atom stereocenters. The highest BCUT2D eigenvalue weighted by molar-refractivity contribution is 5.97. The monoisotopic (exact) mass is 519 g/mol. The summed E-state index contributed by atoms with van der Waals surface area (Å²) in [5.41, 5.74) is 1.86. The molecule has 204 valence electrons. The van der Waals surface area contributed by atoms with E-state index >= 15 is 0 Å². The molecule has 3 rings (SSSR count). The predicted molar refractivity (Wildman–Crippen MR) is 150 cm³/mol. The van der Waals surface area contributed by atoms with E-state index in [1.54, 1.807) is 4.90 Å². The number of β-lactam (4-membered cyclic amide) rings is 1. The summed E-state index contributed by atoms with van der Waals surface area (Å²) in [5.74, 6) is -0.695. The number of esters is 1. The molecule has 1 saturated heterocycles. The van der Waals surface area contributed by atoms with Crippen molar-refractivity contribution in [3.8, 4) is 0 Å². The minimum absolute atomic E-state index is 0.150. The van der Waals surface area contributed by atoms with Crippen molar-refractivity contribution in [2.75, 3.05) is 6.54 Å². The summed E-state index contributed by atoms with van der Waals surface area (Å²) in [5, 5.41) is 5.70. The van der Waals surface area contributed by atoms with Gasteiger partial charge in [0.25, 0.3) is 0 Å². The topological polar surface area (TPSA) is 87.7 Å². The second-order valence-electron chi connectivity index (χ2n) is 9.70. The molecule has 0 bridgehead atoms. The number of nitrogens with zero attached hydrogens (tertiary/aromatic N) is 1. The van der Waals surface area contributed by atoms with E-state index in [0.717, 1.165) is 49.7 Å². The van der Waals surface area contributed by atoms with Gasteiger partial charge in [0.05, 0.1) is 6.04 Å². The highest BCUT2D eigenvalue weighted by atomic mass is 16.5. The third-order valence-corrected chi connectivity index (χ3v) is 6.73. The number of likely N-dealkylation sites (tertiary alicyclic amines) is 1. The summed E-state index contributed by atoms with van der Waals surface area (Å²) in [7, 11) is 0. The highest BCUT2D eigenvalue weighted by Crippen LogP contribution is 2.29. The van der Waals surface area contributed by atoms with E-state index in [2.05, 4.69) is 17.6 Å². The number of hydrogen-bond donors (Lipinski definition) is 2. The molecular weight excluding hydrogens is 478 g/mol. The average Bonchev–Trinajstić information content (AvgIpc) is 2.95. The molecule has 1 aliphatic heterocycles. The first-order chi connectivity index (χ1) is 18.5. The fourth-order valence-electron chi connectivity index (χ4n) is 4.56. The van der Waals surface area contributed by atoms with Crippen LogP contribution in [-0.2, 0) is 20.9 Å². The van der Waals surface area contributed by atoms with Gasteiger partial charge in [-0.1, -0.05) is 119 Å². The standard InChI is InChI=1S/C31H41N3O4/c1-3-5-7-14-22-32-31(37)33-28-26(21-20-24-15-10-8-11-16-24)34(29(28)35)27(19-6-4-2)30(36)38-23-25-17-12-9-13-18-25/h8-13,15-18,20-21,26-28H,3-7,14,19,22-23H2,1-2H3,(H2,32,33,37). The summed E-state index contributed by atoms with van der Waals surface area (Å²) in [6.45, 7) is 4.90. The molecule has 0 radical (unpaired) electrons. The molecule has 1 aliphatic rings. The number of ether oxygens (including phenoxy) is 1. The Morgan fingerprint density at radius 2 is 1.63 bits per heavy atom. The van der Waals surface area contributed by atoms with Crippen LogP contribution < -0.4 is 10.6 Å². The number of rotatable bonds is 15. The van der Waals surface area contributed by atoms with E-state index < -0.39 is 24.1 Å². The van der Waals surface area contributed by atoms with E-state index in [4.69, 9.17) is 4.74 Å². The van der Waals surface area contributed by atoms with Crippen LogP contribution >= 0.6 is 0 Å². The SMILES string of the molecule is CCCCCCNC(=O)NC1C(=O)N(C(CCCC)C(=O)OCc2ccccc2)C1C=Cc1ccccc1. The maximum atomic E-state index is 13.4. The van der Waals surface area contributed by atoms with E-state index in [9.17, 15) is 14.4 Å². The molecule has 0 aliphatic carbocycles. The Balaban J connectivity index is 1.73. The van der Waals surface area contributed by atoms with Crippen molar-refractivity contribution in [3.05, 3.63) is 77.9 Å². The molecule has 2 N–H and O–H groups in total. The number of carbonyl (C=O) groups is 3. The molecule has 2 aromatic rings. The Hall–Kier alpha value is -3.61. The van der Waals surface area contributed by atoms with E-state index in [1.807, 2.05) is 79.7 Å². The van der Waals surface area contributed by atoms with Gasteiger partial charge in [-0.2, -0.15) is 0 Å². The van der Waals surface area contributed by atoms with Crippen LogP contribution in [0.25, 0.3) is 6.08 Å². The molecule has 7 nitrogen and oxygen atoms in total. The Morgan fingerprint density at radius 1 is 0.947 bits per heavy atom. The van der Waals surface area contributed by atoms with Gasteiger partial charge in [0.15, 0.2) is 0 Å². The lowest BCUT2D eigenvalue weighted by Gasteiger charge is -2.49. The molecule has 7 heteroatoms. The molecule has 2 aromatic carbocycles. The van der Waals surface area contributed by atoms with Crippen molar-refractivity contribution in [1.29, 1.82) is 0 Å². The first kappa shape index (κ1) is 29.0. The number of unbranched alkanes of at least 4 members (excludes halogenated alkanes) is 4. The van der Waals surface area contributed by atoms with Crippen molar-refractivity contribution < 1.29 is 19.1 Å². The number of hydrogen-bond acceptors (Lipinski definition) is 4. The summed E-state index contributed by atoms with van der Waals surface area (Å²) in [6, 6.07) is 17.0. The molecule has 3 amide bonds. The van der Waals surface area contributed by atoms with Gasteiger partial charge in [-0.05, 0) is 24.0 Å². The lowest BCUT2D eigenvalue weighted by Crippen LogP contribution is -2.74. The number of nitrogens with one attached hydrogen (secondary N) is 2. The number of urea groups is 1. The Morgan fingerprint density at radius 3 is 2.32 bits per heavy atom. The van der Waals surface area contributed by atoms with Crippen LogP contribution in [0, 0.1) is 0 Å². The first-order valence-corrected chi connectivity index (χ1v) is 13.9. The molecule has 38 heavy (non-hydrogen) atoms. The first-order valence-electron chi connectivity index (χ1n) is 13.9. The molecule has 0 spiro atoms. The van der Waals surface area contributed by atoms with E-state index in [0.29, 0.717) is 13.0 Å². The zero-order valence-corrected chi connectivity index (χ0v) is 22.6. The molecule has 1 heterocycles. The summed E-state index contributed by atoms with van der Waals surface area (Å²) >= 11 is 0. The van der Waals surface area contributed by atoms with Gasteiger partial charge in [0.1, 0.15) is 18.7 Å². The van der Waals surface area contributed by atoms with E-state index in [1.165, 1.54) is 0 Å². The van der Waals surface area contributed by atoms with Crippen molar-refractivity contribution in [2.45, 2.75) is 83.5 Å². The fourth-order valence-corrected chi connectivity index (χ4v) is 4.56. The van der Waals surface area contributed by atoms with Crippen LogP contribution in [0.2, 0.25) is 0 Å². The second-order valence-corrected chi connectivity index (χ2v) is 9.70. The van der Waals surface area contributed by atoms with Gasteiger partial charge in [-0.3, -0.25) is 4.79 Å². The van der Waals surface area contributed by atoms with Crippen molar-refractivity contribution >= 4 is 24.0 Å². The predicted octanol–water partition coefficient (Wildman–Crippen LogP) is 5.46. The zero-order valence-electron chi connectivity index (χ0n) is 22.6. The summed E-state index contributed by atoms with van der Waals surface area (Å²) in [4.78, 5) is 40.8. The molecule has 0 saturated carbocycles. The van der Waals surface area contributed by atoms with Gasteiger partial charge in [0.2, 0.25) is 5.91 Å². The normalized spacial score (nSPS) is 17.6. The largest absolute Gasteiger partial charge is 0.459 e.